The van der Waals surface area contributed by atoms with Crippen LogP contribution in [0.15, 0.2) is 28.6 Å². The molecule has 0 amide bonds. The molecule has 0 bridgehead atoms. The highest BCUT2D eigenvalue weighted by molar-refractivity contribution is 7.90. The Hall–Kier alpha value is -1.44. The quantitative estimate of drug-likeness (QED) is 0.872. The van der Waals surface area contributed by atoms with Crippen LogP contribution in [0.25, 0.3) is 0 Å². The first-order chi connectivity index (χ1) is 9.29. The highest BCUT2D eigenvalue weighted by Gasteiger charge is 2.19. The Balaban J connectivity index is 2.61. The summed E-state index contributed by atoms with van der Waals surface area (Å²) >= 11 is 6.80. The fourth-order valence-electron chi connectivity index (χ4n) is 1.70. The number of carbonyl (C=O) groups excluding carboxylic acids is 1. The Bertz CT molecular complexity index is 755. The second-order valence-corrected chi connectivity index (χ2v) is 7.39. The van der Waals surface area contributed by atoms with Crippen molar-refractivity contribution in [2.24, 2.45) is 0 Å². The minimum absolute atomic E-state index is 0.0160. The maximum atomic E-state index is 11.9. The second-order valence-electron chi connectivity index (χ2n) is 4.17. The lowest BCUT2D eigenvalue weighted by molar-refractivity contribution is 0.108. The molecule has 0 radical (unpaired) electrons. The number of nitrogens with zero attached hydrogens (tertiary/aromatic N) is 1. The highest BCUT2D eigenvalue weighted by Crippen LogP contribution is 2.29. The monoisotopic (exact) mass is 330 g/mol. The predicted molar refractivity (Wildman–Crippen MR) is 79.9 cm³/mol. The molecular formula is C12H11ClN2O3S2. The summed E-state index contributed by atoms with van der Waals surface area (Å²) in [6, 6.07) is 2.86. The number of carbonyl (C=O) groups is 1. The number of aromatic nitrogens is 1. The van der Waals surface area contributed by atoms with E-state index in [4.69, 9.17) is 11.6 Å². The molecule has 0 unspecified atom stereocenters. The lowest BCUT2D eigenvalue weighted by Crippen LogP contribution is -2.06. The van der Waals surface area contributed by atoms with Crippen molar-refractivity contribution in [1.29, 1.82) is 0 Å². The molecule has 2 rings (SSSR count). The molecule has 1 N–H and O–H groups in total. The van der Waals surface area contributed by atoms with Gasteiger partial charge in [-0.25, -0.2) is 13.4 Å². The zero-order chi connectivity index (χ0) is 14.9. The van der Waals surface area contributed by atoms with Gasteiger partial charge < -0.3 is 5.32 Å². The maximum absolute atomic E-state index is 11.9. The highest BCUT2D eigenvalue weighted by atomic mass is 35.5. The summed E-state index contributed by atoms with van der Waals surface area (Å²) in [4.78, 5) is 15.4. The van der Waals surface area contributed by atoms with Crippen LogP contribution in [0.1, 0.15) is 15.9 Å². The zero-order valence-corrected chi connectivity index (χ0v) is 13.1. The van der Waals surface area contributed by atoms with Crippen molar-refractivity contribution in [3.05, 3.63) is 34.8 Å². The number of thiazole rings is 1. The first-order valence-electron chi connectivity index (χ1n) is 5.50. The van der Waals surface area contributed by atoms with Crippen molar-refractivity contribution in [3.8, 4) is 0 Å². The maximum Gasteiger partial charge on any atom is 0.252 e. The van der Waals surface area contributed by atoms with Gasteiger partial charge >= 0.3 is 0 Å². The Morgan fingerprint density at radius 3 is 2.60 bits per heavy atom. The molecular weight excluding hydrogens is 320 g/mol. The third kappa shape index (κ3) is 3.17. The summed E-state index contributed by atoms with van der Waals surface area (Å²) in [5.74, 6) is 0. The summed E-state index contributed by atoms with van der Waals surface area (Å²) < 4.78 is 23.7. The van der Waals surface area contributed by atoms with Gasteiger partial charge in [-0.15, -0.1) is 11.3 Å². The van der Waals surface area contributed by atoms with Crippen LogP contribution in [0, 0.1) is 6.92 Å². The van der Waals surface area contributed by atoms with Crippen LogP contribution in [-0.4, -0.2) is 24.9 Å². The Kier molecular flexibility index (Phi) is 4.12. The lowest BCUT2D eigenvalue weighted by Gasteiger charge is -2.12. The van der Waals surface area contributed by atoms with Crippen LogP contribution in [0.5, 0.6) is 0 Å². The average molecular weight is 331 g/mol. The van der Waals surface area contributed by atoms with Gasteiger partial charge in [-0.3, -0.25) is 4.79 Å². The van der Waals surface area contributed by atoms with Crippen LogP contribution in [0.2, 0.25) is 0 Å². The van der Waals surface area contributed by atoms with Gasteiger partial charge in [0.05, 0.1) is 10.6 Å². The number of benzene rings is 1. The van der Waals surface area contributed by atoms with E-state index < -0.39 is 15.1 Å². The summed E-state index contributed by atoms with van der Waals surface area (Å²) in [6.45, 7) is 1.69. The average Bonchev–Trinajstić information content (AvgIpc) is 2.79. The number of halogens is 1. The fraction of sp³-hybridized carbons (Fsp3) is 0.167. The molecule has 0 saturated carbocycles. The van der Waals surface area contributed by atoms with E-state index >= 15 is 0 Å². The zero-order valence-electron chi connectivity index (χ0n) is 10.7. The van der Waals surface area contributed by atoms with Gasteiger partial charge in [0.2, 0.25) is 0 Å². The summed E-state index contributed by atoms with van der Waals surface area (Å²) in [7, 11) is -3.51. The molecule has 0 saturated heterocycles. The molecule has 1 aromatic heterocycles. The molecule has 8 heteroatoms. The number of sulfone groups is 1. The van der Waals surface area contributed by atoms with Gasteiger partial charge in [-0.05, 0) is 36.2 Å². The fourth-order valence-corrected chi connectivity index (χ4v) is 3.29. The van der Waals surface area contributed by atoms with Gasteiger partial charge in [0.15, 0.2) is 15.0 Å². The standard InChI is InChI=1S/C12H11ClN2O3S2/c1-7-5-9(15-12-14-3-4-19-12)10(20(2,17)18)6-8(7)11(13)16/h3-6H,1-2H3,(H,14,15). The van der Waals surface area contributed by atoms with Gasteiger partial charge in [0, 0.05) is 23.4 Å². The van der Waals surface area contributed by atoms with Gasteiger partial charge in [0.1, 0.15) is 0 Å². The molecule has 2 aromatic rings. The number of anilines is 2. The normalized spacial score (nSPS) is 11.3. The Morgan fingerprint density at radius 2 is 2.10 bits per heavy atom. The van der Waals surface area contributed by atoms with E-state index in [0.29, 0.717) is 16.4 Å². The second kappa shape index (κ2) is 5.51. The molecule has 1 aromatic carbocycles. The molecule has 0 atom stereocenters. The van der Waals surface area contributed by atoms with Crippen LogP contribution in [-0.2, 0) is 9.84 Å². The molecule has 1 heterocycles. The summed E-state index contributed by atoms with van der Waals surface area (Å²) in [6.07, 6.45) is 2.68. The number of rotatable bonds is 4. The third-order valence-corrected chi connectivity index (χ3v) is 4.64. The molecule has 0 aliphatic heterocycles. The van der Waals surface area contributed by atoms with Gasteiger partial charge in [-0.1, -0.05) is 0 Å². The van der Waals surface area contributed by atoms with Crippen LogP contribution < -0.4 is 5.32 Å². The topological polar surface area (TPSA) is 76.1 Å². The van der Waals surface area contributed by atoms with Crippen molar-refractivity contribution in [2.45, 2.75) is 11.8 Å². The van der Waals surface area contributed by atoms with E-state index in [-0.39, 0.29) is 10.5 Å². The minimum atomic E-state index is -3.51. The van der Waals surface area contributed by atoms with Crippen LogP contribution in [0.3, 0.4) is 0 Å². The molecule has 0 fully saturated rings. The molecule has 106 valence electrons. The molecule has 0 aliphatic carbocycles. The molecule has 5 nitrogen and oxygen atoms in total. The van der Waals surface area contributed by atoms with Gasteiger partial charge in [-0.2, -0.15) is 0 Å². The third-order valence-electron chi connectivity index (χ3n) is 2.61. The molecule has 0 spiro atoms. The van der Waals surface area contributed by atoms with Crippen molar-refractivity contribution >= 4 is 48.8 Å². The van der Waals surface area contributed by atoms with E-state index in [1.807, 2.05) is 0 Å². The summed E-state index contributed by atoms with van der Waals surface area (Å²) in [5, 5.41) is 4.59. The van der Waals surface area contributed by atoms with Crippen molar-refractivity contribution in [1.82, 2.24) is 4.98 Å². The molecule has 0 aliphatic rings. The van der Waals surface area contributed by atoms with E-state index in [2.05, 4.69) is 10.3 Å². The van der Waals surface area contributed by atoms with Crippen molar-refractivity contribution in [3.63, 3.8) is 0 Å². The van der Waals surface area contributed by atoms with E-state index in [1.54, 1.807) is 24.6 Å². The minimum Gasteiger partial charge on any atom is -0.330 e. The smallest absolute Gasteiger partial charge is 0.252 e. The van der Waals surface area contributed by atoms with Crippen molar-refractivity contribution in [2.75, 3.05) is 11.6 Å². The SMILES string of the molecule is Cc1cc(Nc2nccs2)c(S(C)(=O)=O)cc1C(=O)Cl. The van der Waals surface area contributed by atoms with Gasteiger partial charge in [0.25, 0.3) is 5.24 Å². The summed E-state index contributed by atoms with van der Waals surface area (Å²) in [5.41, 5.74) is 1.15. The van der Waals surface area contributed by atoms with E-state index in [1.165, 1.54) is 17.4 Å². The van der Waals surface area contributed by atoms with E-state index in [0.717, 1.165) is 6.26 Å². The number of hydrogen-bond acceptors (Lipinski definition) is 6. The number of aryl methyl sites for hydroxylation is 1. The first kappa shape index (κ1) is 15.0. The predicted octanol–water partition coefficient (Wildman–Crippen LogP) is 2.98. The van der Waals surface area contributed by atoms with Crippen LogP contribution in [0.4, 0.5) is 10.8 Å². The Labute approximate surface area is 125 Å². The largest absolute Gasteiger partial charge is 0.330 e. The molecule has 20 heavy (non-hydrogen) atoms. The Morgan fingerprint density at radius 1 is 1.40 bits per heavy atom. The van der Waals surface area contributed by atoms with Crippen LogP contribution >= 0.6 is 22.9 Å². The van der Waals surface area contributed by atoms with Crippen molar-refractivity contribution < 1.29 is 13.2 Å². The van der Waals surface area contributed by atoms with E-state index in [9.17, 15) is 13.2 Å². The first-order valence-corrected chi connectivity index (χ1v) is 8.65. The lowest BCUT2D eigenvalue weighted by atomic mass is 10.1. The number of hydrogen-bond donors (Lipinski definition) is 1. The number of nitrogens with one attached hydrogen (secondary N) is 1.